The molecule has 0 fully saturated rings. The van der Waals surface area contributed by atoms with Crippen molar-refractivity contribution in [1.82, 2.24) is 4.90 Å². The van der Waals surface area contributed by atoms with Gasteiger partial charge in [0.25, 0.3) is 11.3 Å². The maximum atomic E-state index is 13.8. The van der Waals surface area contributed by atoms with E-state index in [1.807, 2.05) is 31.2 Å². The molecule has 2 aromatic carbocycles. The Morgan fingerprint density at radius 2 is 1.59 bits per heavy atom. The maximum Gasteiger partial charge on any atom is 0.259 e. The summed E-state index contributed by atoms with van der Waals surface area (Å²) in [7, 11) is 0. The summed E-state index contributed by atoms with van der Waals surface area (Å²) in [5, 5.41) is 0.546. The van der Waals surface area contributed by atoms with Gasteiger partial charge >= 0.3 is 0 Å². The molecule has 0 aliphatic rings. The molecule has 0 aliphatic carbocycles. The third-order valence-corrected chi connectivity index (χ3v) is 7.35. The number of nitrogens with zero attached hydrogens (tertiary/aromatic N) is 1. The second-order valence-electron chi connectivity index (χ2n) is 10.1. The van der Waals surface area contributed by atoms with Crippen molar-refractivity contribution in [3.8, 4) is 5.75 Å². The van der Waals surface area contributed by atoms with E-state index < -0.39 is 11.3 Å². The highest BCUT2D eigenvalue weighted by Gasteiger charge is 2.25. The smallest absolute Gasteiger partial charge is 0.259 e. The summed E-state index contributed by atoms with van der Waals surface area (Å²) >= 11 is -2.28. The number of hydrogen-bond acceptors (Lipinski definition) is 5. The van der Waals surface area contributed by atoms with Crippen molar-refractivity contribution >= 4 is 33.7 Å². The molecule has 1 atom stereocenters. The fraction of sp³-hybridized carbons (Fsp3) is 0.516. The number of ketones is 1. The molecule has 2 N–H and O–H groups in total. The monoisotopic (exact) mass is 556 g/mol. The number of anilines is 1. The van der Waals surface area contributed by atoms with Crippen LogP contribution in [0.2, 0.25) is 0 Å². The molecule has 8 heteroatoms. The predicted molar refractivity (Wildman–Crippen MR) is 160 cm³/mol. The van der Waals surface area contributed by atoms with Crippen LogP contribution in [-0.4, -0.2) is 45.7 Å². The molecule has 1 unspecified atom stereocenters. The van der Waals surface area contributed by atoms with Gasteiger partial charge in [0, 0.05) is 18.5 Å². The van der Waals surface area contributed by atoms with Gasteiger partial charge in [-0.25, -0.2) is 4.21 Å². The van der Waals surface area contributed by atoms with Gasteiger partial charge in [0.2, 0.25) is 0 Å². The van der Waals surface area contributed by atoms with Crippen molar-refractivity contribution in [2.45, 2.75) is 79.1 Å². The average molecular weight is 557 g/mol. The van der Waals surface area contributed by atoms with Gasteiger partial charge in [-0.2, -0.15) is 0 Å². The van der Waals surface area contributed by atoms with Gasteiger partial charge in [0.1, 0.15) is 17.1 Å². The number of nitrogens with one attached hydrogen (secondary N) is 1. The van der Waals surface area contributed by atoms with Gasteiger partial charge in [0.05, 0.1) is 23.2 Å². The lowest BCUT2D eigenvalue weighted by Gasteiger charge is -2.21. The number of carbonyl (C=O) groups is 1. The summed E-state index contributed by atoms with van der Waals surface area (Å²) in [4.78, 5) is 16.3. The number of carbonyl (C=O) groups excluding carboxylic acids is 1. The van der Waals surface area contributed by atoms with Crippen LogP contribution in [0, 0.1) is 6.92 Å². The van der Waals surface area contributed by atoms with Crippen LogP contribution in [-0.2, 0) is 17.7 Å². The Morgan fingerprint density at radius 1 is 0.949 bits per heavy atom. The summed E-state index contributed by atoms with van der Waals surface area (Å²) in [6.45, 7) is 12.3. The summed E-state index contributed by atoms with van der Waals surface area (Å²) in [6, 6.07) is 10.9. The number of furan rings is 1. The molecular weight excluding hydrogens is 512 g/mol. The number of aryl methyl sites for hydroxylation is 2. The van der Waals surface area contributed by atoms with Gasteiger partial charge in [0.15, 0.2) is 5.78 Å². The highest BCUT2D eigenvalue weighted by molar-refractivity contribution is 7.80. The van der Waals surface area contributed by atoms with Gasteiger partial charge in [-0.15, -0.1) is 0 Å². The van der Waals surface area contributed by atoms with E-state index in [1.165, 1.54) is 25.7 Å². The highest BCUT2D eigenvalue weighted by Crippen LogP contribution is 2.37. The minimum absolute atomic E-state index is 0.175. The average Bonchev–Trinajstić information content (AvgIpc) is 3.30. The molecule has 3 rings (SSSR count). The van der Waals surface area contributed by atoms with E-state index in [1.54, 1.807) is 12.1 Å². The molecule has 0 spiro atoms. The van der Waals surface area contributed by atoms with Crippen molar-refractivity contribution < 1.29 is 22.7 Å². The van der Waals surface area contributed by atoms with Crippen molar-refractivity contribution in [2.24, 2.45) is 0 Å². The minimum atomic E-state index is -2.28. The molecule has 39 heavy (non-hydrogen) atoms. The second-order valence-corrected chi connectivity index (χ2v) is 10.8. The van der Waals surface area contributed by atoms with Crippen LogP contribution < -0.4 is 9.46 Å². The van der Waals surface area contributed by atoms with E-state index >= 15 is 0 Å². The first kappa shape index (κ1) is 30.9. The lowest BCUT2D eigenvalue weighted by Crippen LogP contribution is -2.28. The van der Waals surface area contributed by atoms with E-state index in [2.05, 4.69) is 30.4 Å². The maximum absolute atomic E-state index is 13.8. The molecule has 0 bridgehead atoms. The van der Waals surface area contributed by atoms with Gasteiger partial charge in [-0.05, 0) is 81.6 Å². The second kappa shape index (κ2) is 15.8. The molecule has 0 aliphatic heterocycles. The molecule has 1 heterocycles. The predicted octanol–water partition coefficient (Wildman–Crippen LogP) is 7.53. The molecule has 0 radical (unpaired) electrons. The fourth-order valence-electron chi connectivity index (χ4n) is 4.74. The molecule has 1 aromatic heterocycles. The van der Waals surface area contributed by atoms with Crippen LogP contribution in [0.15, 0.2) is 40.8 Å². The van der Waals surface area contributed by atoms with Gasteiger partial charge < -0.3 is 14.1 Å². The van der Waals surface area contributed by atoms with Crippen LogP contribution in [0.1, 0.15) is 93.0 Å². The Morgan fingerprint density at radius 3 is 2.21 bits per heavy atom. The number of fused-ring (bicyclic) bond motifs is 1. The van der Waals surface area contributed by atoms with E-state index in [0.717, 1.165) is 50.2 Å². The van der Waals surface area contributed by atoms with Crippen LogP contribution in [0.3, 0.4) is 0 Å². The Kier molecular flexibility index (Phi) is 12.5. The zero-order valence-electron chi connectivity index (χ0n) is 23.9. The first-order valence-electron chi connectivity index (χ1n) is 14.3. The van der Waals surface area contributed by atoms with Crippen molar-refractivity contribution in [3.63, 3.8) is 0 Å². The van der Waals surface area contributed by atoms with Crippen LogP contribution in [0.5, 0.6) is 5.75 Å². The van der Waals surface area contributed by atoms with Gasteiger partial charge in [-0.3, -0.25) is 14.1 Å². The standard InChI is InChI=1S/C31H44N2O5S/c1-5-8-12-26-29(28-27(38-26)18-13-23(4)30(28)32-39(35)36)31(34)24-14-16-25(17-15-24)37-22-11-21-33(19-9-6-2)20-10-7-3/h13-18,32H,5-12,19-22H2,1-4H3,(H,35,36). The molecule has 0 saturated carbocycles. The Balaban J connectivity index is 1.75. The Bertz CT molecular complexity index is 1210. The Hall–Kier alpha value is -2.68. The fourth-order valence-corrected chi connectivity index (χ4v) is 5.18. The van der Waals surface area contributed by atoms with Crippen molar-refractivity contribution in [3.05, 3.63) is 58.8 Å². The quantitative estimate of drug-likeness (QED) is 0.0956. The number of unbranched alkanes of at least 4 members (excludes halogenated alkanes) is 3. The van der Waals surface area contributed by atoms with Crippen LogP contribution >= 0.6 is 0 Å². The van der Waals surface area contributed by atoms with E-state index in [0.29, 0.717) is 46.6 Å². The van der Waals surface area contributed by atoms with Gasteiger partial charge in [-0.1, -0.05) is 46.1 Å². The summed E-state index contributed by atoms with van der Waals surface area (Å²) in [5.74, 6) is 1.16. The summed E-state index contributed by atoms with van der Waals surface area (Å²) in [6.07, 6.45) is 8.25. The van der Waals surface area contributed by atoms with Crippen molar-refractivity contribution in [2.75, 3.05) is 31.0 Å². The van der Waals surface area contributed by atoms with Crippen molar-refractivity contribution in [1.29, 1.82) is 0 Å². The third-order valence-electron chi connectivity index (χ3n) is 6.97. The highest BCUT2D eigenvalue weighted by atomic mass is 32.2. The molecule has 0 amide bonds. The zero-order chi connectivity index (χ0) is 28.2. The SMILES string of the molecule is CCCCc1oc2ccc(C)c(NS(=O)O)c2c1C(=O)c1ccc(OCCCN(CCCC)CCCC)cc1. The topological polar surface area (TPSA) is 92.0 Å². The number of hydrogen-bond donors (Lipinski definition) is 2. The number of benzene rings is 2. The molecule has 7 nitrogen and oxygen atoms in total. The molecular formula is C31H44N2O5S. The van der Waals surface area contributed by atoms with Crippen LogP contribution in [0.4, 0.5) is 5.69 Å². The third kappa shape index (κ3) is 8.65. The minimum Gasteiger partial charge on any atom is -0.494 e. The number of ether oxygens (including phenoxy) is 1. The normalized spacial score (nSPS) is 12.3. The molecule has 214 valence electrons. The Labute approximate surface area is 235 Å². The van der Waals surface area contributed by atoms with Crippen LogP contribution in [0.25, 0.3) is 11.0 Å². The van der Waals surface area contributed by atoms with E-state index in [4.69, 9.17) is 9.15 Å². The first-order valence-corrected chi connectivity index (χ1v) is 15.4. The van der Waals surface area contributed by atoms with E-state index in [-0.39, 0.29) is 5.78 Å². The van der Waals surface area contributed by atoms with E-state index in [9.17, 15) is 13.6 Å². The molecule has 0 saturated heterocycles. The lowest BCUT2D eigenvalue weighted by molar-refractivity contribution is 0.103. The summed E-state index contributed by atoms with van der Waals surface area (Å²) < 4.78 is 35.9. The summed E-state index contributed by atoms with van der Waals surface area (Å²) in [5.41, 5.74) is 2.69. The number of rotatable bonds is 18. The first-order chi connectivity index (χ1) is 18.9. The zero-order valence-corrected chi connectivity index (χ0v) is 24.7. The largest absolute Gasteiger partial charge is 0.494 e. The molecule has 3 aromatic rings. The lowest BCUT2D eigenvalue weighted by atomic mass is 9.96.